The van der Waals surface area contributed by atoms with Gasteiger partial charge in [-0.05, 0) is 37.1 Å². The molecule has 4 aromatic rings. The summed E-state index contributed by atoms with van der Waals surface area (Å²) in [5.41, 5.74) is 3.37. The molecule has 188 valence electrons. The fraction of sp³-hybridized carbons (Fsp3) is 0.208. The van der Waals surface area contributed by atoms with Crippen LogP contribution >= 0.6 is 11.3 Å². The number of methoxy groups -OCH3 is 1. The maximum absolute atomic E-state index is 13.1. The lowest BCUT2D eigenvalue weighted by atomic mass is 10.0. The molecule has 0 aliphatic rings. The molecule has 0 spiro atoms. The van der Waals surface area contributed by atoms with Crippen molar-refractivity contribution in [3.63, 3.8) is 0 Å². The third-order valence-corrected chi connectivity index (χ3v) is 6.71. The number of anilines is 2. The van der Waals surface area contributed by atoms with E-state index in [2.05, 4.69) is 30.1 Å². The van der Waals surface area contributed by atoms with Crippen LogP contribution in [0.15, 0.2) is 53.9 Å². The number of aromatic nitrogens is 2. The molecule has 10 nitrogen and oxygen atoms in total. The van der Waals surface area contributed by atoms with Crippen LogP contribution in [-0.4, -0.2) is 43.9 Å². The largest absolute Gasteiger partial charge is 0.468 e. The Labute approximate surface area is 213 Å². The van der Waals surface area contributed by atoms with Crippen LogP contribution in [0.1, 0.15) is 32.7 Å². The molecule has 12 heteroatoms. The zero-order valence-electron chi connectivity index (χ0n) is 19.5. The first-order valence-electron chi connectivity index (χ1n) is 11.0. The molecule has 0 saturated heterocycles. The van der Waals surface area contributed by atoms with Crippen LogP contribution in [0.3, 0.4) is 0 Å². The van der Waals surface area contributed by atoms with Crippen LogP contribution in [0.5, 0.6) is 0 Å². The highest BCUT2D eigenvalue weighted by Crippen LogP contribution is 2.31. The van der Waals surface area contributed by atoms with E-state index in [-0.39, 0.29) is 12.6 Å². The topological polar surface area (TPSA) is 142 Å². The Balaban J connectivity index is 1.66. The van der Waals surface area contributed by atoms with E-state index >= 15 is 0 Å². The second-order valence-electron chi connectivity index (χ2n) is 7.94. The minimum absolute atomic E-state index is 0.252. The van der Waals surface area contributed by atoms with E-state index in [1.807, 2.05) is 48.7 Å². The van der Waals surface area contributed by atoms with Crippen LogP contribution in [-0.2, 0) is 26.8 Å². The van der Waals surface area contributed by atoms with Crippen molar-refractivity contribution in [2.45, 2.75) is 19.4 Å². The predicted octanol–water partition coefficient (Wildman–Crippen LogP) is 3.17. The number of hydrogen-bond donors (Lipinski definition) is 5. The molecule has 1 atom stereocenters. The Bertz CT molecular complexity index is 1450. The summed E-state index contributed by atoms with van der Waals surface area (Å²) in [6.07, 6.45) is 0.519. The van der Waals surface area contributed by atoms with Gasteiger partial charge < -0.3 is 20.4 Å². The van der Waals surface area contributed by atoms with Crippen LogP contribution < -0.4 is 15.4 Å². The summed E-state index contributed by atoms with van der Waals surface area (Å²) < 4.78 is 28.9. The summed E-state index contributed by atoms with van der Waals surface area (Å²) in [5, 5.41) is 9.63. The first-order chi connectivity index (χ1) is 17.3. The van der Waals surface area contributed by atoms with Crippen molar-refractivity contribution in [1.29, 1.82) is 0 Å². The lowest BCUT2D eigenvalue weighted by Crippen LogP contribution is -2.30. The number of nitrogens with one attached hydrogen (secondary N) is 4. The van der Waals surface area contributed by atoms with Gasteiger partial charge >= 0.3 is 5.97 Å². The van der Waals surface area contributed by atoms with Gasteiger partial charge in [0.25, 0.3) is 5.91 Å². The summed E-state index contributed by atoms with van der Waals surface area (Å²) in [4.78, 5) is 32.6. The number of benzene rings is 2. The second kappa shape index (κ2) is 11.2. The number of ether oxygens (including phenoxy) is 1. The van der Waals surface area contributed by atoms with Crippen LogP contribution in [0, 0.1) is 6.92 Å². The van der Waals surface area contributed by atoms with E-state index in [4.69, 9.17) is 0 Å². The number of fused-ring (bicyclic) bond motifs is 1. The molecule has 2 heterocycles. The number of aryl methyl sites for hydroxylation is 1. The Morgan fingerprint density at radius 3 is 2.56 bits per heavy atom. The van der Waals surface area contributed by atoms with Crippen LogP contribution in [0.2, 0.25) is 0 Å². The highest BCUT2D eigenvalue weighted by atomic mass is 32.2. The molecular formula is C24H25N5O5S2. The number of H-pyrrole nitrogens is 1. The van der Waals surface area contributed by atoms with E-state index in [1.165, 1.54) is 18.4 Å². The lowest BCUT2D eigenvalue weighted by Gasteiger charge is -2.19. The average Bonchev–Trinajstić information content (AvgIpc) is 3.45. The standard InChI is InChI=1S/C24H25N5O5S2/c1-14-26-20(13-35-14)19(11-15-7-9-16(10-8-15)29-36(32)33)28-23-22(24(31)25-12-21(30)34-2)17-5-3-4-6-18(17)27-23/h3-10,13,19,27-28,36H,11-12H2,1-2H3,(H,25,31)(H,29,32,33)/t19-/m0/s1. The van der Waals surface area contributed by atoms with Crippen molar-refractivity contribution in [2.75, 3.05) is 23.7 Å². The van der Waals surface area contributed by atoms with E-state index in [1.54, 1.807) is 12.1 Å². The molecule has 4 N–H and O–H groups in total. The van der Waals surface area contributed by atoms with Crippen molar-refractivity contribution in [3.8, 4) is 0 Å². The van der Waals surface area contributed by atoms with Gasteiger partial charge in [-0.1, -0.05) is 30.3 Å². The van der Waals surface area contributed by atoms with E-state index < -0.39 is 22.8 Å². The van der Waals surface area contributed by atoms with E-state index in [0.29, 0.717) is 28.9 Å². The number of hydrogen-bond acceptors (Lipinski definition) is 8. The zero-order chi connectivity index (χ0) is 25.7. The summed E-state index contributed by atoms with van der Waals surface area (Å²) in [6, 6.07) is 14.2. The molecule has 2 aromatic heterocycles. The molecule has 0 saturated carbocycles. The molecule has 0 aliphatic heterocycles. The Morgan fingerprint density at radius 1 is 1.14 bits per heavy atom. The van der Waals surface area contributed by atoms with Gasteiger partial charge in [0.1, 0.15) is 12.4 Å². The van der Waals surface area contributed by atoms with Crippen LogP contribution in [0.25, 0.3) is 10.9 Å². The summed E-state index contributed by atoms with van der Waals surface area (Å²) in [6.45, 7) is 1.67. The Morgan fingerprint density at radius 2 is 1.89 bits per heavy atom. The number of thiol groups is 1. The van der Waals surface area contributed by atoms with Gasteiger partial charge in [0.15, 0.2) is 0 Å². The Hall–Kier alpha value is -3.90. The number of amides is 1. The molecule has 1 amide bonds. The van der Waals surface area contributed by atoms with Gasteiger partial charge in [0.05, 0.1) is 29.4 Å². The van der Waals surface area contributed by atoms with Crippen LogP contribution in [0.4, 0.5) is 11.5 Å². The second-order valence-corrected chi connectivity index (χ2v) is 9.74. The monoisotopic (exact) mass is 527 g/mol. The van der Waals surface area contributed by atoms with Gasteiger partial charge in [-0.3, -0.25) is 14.3 Å². The number of esters is 1. The number of rotatable bonds is 10. The molecule has 0 bridgehead atoms. The number of para-hydroxylation sites is 1. The van der Waals surface area contributed by atoms with Crippen molar-refractivity contribution in [1.82, 2.24) is 15.3 Å². The van der Waals surface area contributed by atoms with E-state index in [9.17, 15) is 18.0 Å². The molecule has 0 aliphatic carbocycles. The highest BCUT2D eigenvalue weighted by Gasteiger charge is 2.23. The van der Waals surface area contributed by atoms with Crippen molar-refractivity contribution in [2.24, 2.45) is 0 Å². The zero-order valence-corrected chi connectivity index (χ0v) is 21.2. The first-order valence-corrected chi connectivity index (χ1v) is 13.0. The van der Waals surface area contributed by atoms with Gasteiger partial charge in [-0.2, -0.15) is 0 Å². The normalized spacial score (nSPS) is 11.9. The van der Waals surface area contributed by atoms with Crippen molar-refractivity contribution >= 4 is 56.5 Å². The number of carbonyl (C=O) groups is 2. The van der Waals surface area contributed by atoms with Gasteiger partial charge in [-0.15, -0.1) is 11.3 Å². The quantitative estimate of drug-likeness (QED) is 0.157. The van der Waals surface area contributed by atoms with Crippen molar-refractivity contribution in [3.05, 3.63) is 75.7 Å². The number of carbonyl (C=O) groups excluding carboxylic acids is 2. The molecule has 0 unspecified atom stereocenters. The van der Waals surface area contributed by atoms with Gasteiger partial charge in [0, 0.05) is 22.0 Å². The summed E-state index contributed by atoms with van der Waals surface area (Å²) >= 11 is 1.52. The number of aromatic amines is 1. The van der Waals surface area contributed by atoms with E-state index in [0.717, 1.165) is 21.8 Å². The average molecular weight is 528 g/mol. The minimum Gasteiger partial charge on any atom is -0.468 e. The third kappa shape index (κ3) is 6.01. The molecule has 0 fully saturated rings. The maximum Gasteiger partial charge on any atom is 0.325 e. The highest BCUT2D eigenvalue weighted by molar-refractivity contribution is 7.73. The smallest absolute Gasteiger partial charge is 0.325 e. The SMILES string of the molecule is COC(=O)CNC(=O)c1c(N[C@@H](Cc2ccc(N[SH](=O)=O)cc2)c2csc(C)n2)[nH]c2ccccc12. The fourth-order valence-electron chi connectivity index (χ4n) is 3.80. The maximum atomic E-state index is 13.1. The number of nitrogens with zero attached hydrogens (tertiary/aromatic N) is 1. The molecular weight excluding hydrogens is 502 g/mol. The van der Waals surface area contributed by atoms with Gasteiger partial charge in [-0.25, -0.2) is 13.4 Å². The number of thiazole rings is 1. The molecule has 2 aromatic carbocycles. The molecule has 0 radical (unpaired) electrons. The first kappa shape index (κ1) is 25.2. The molecule has 36 heavy (non-hydrogen) atoms. The fourth-order valence-corrected chi connectivity index (χ4v) is 4.83. The third-order valence-electron chi connectivity index (χ3n) is 5.48. The predicted molar refractivity (Wildman–Crippen MR) is 140 cm³/mol. The van der Waals surface area contributed by atoms with Gasteiger partial charge in [0.2, 0.25) is 10.9 Å². The Kier molecular flexibility index (Phi) is 7.86. The summed E-state index contributed by atoms with van der Waals surface area (Å²) in [7, 11) is -1.48. The lowest BCUT2D eigenvalue weighted by molar-refractivity contribution is -0.139. The molecule has 4 rings (SSSR count). The van der Waals surface area contributed by atoms with Crippen molar-refractivity contribution < 1.29 is 22.7 Å². The summed E-state index contributed by atoms with van der Waals surface area (Å²) in [5.74, 6) is -0.473. The minimum atomic E-state index is -2.74.